The average Bonchev–Trinajstić information content (AvgIpc) is 3.52. The molecule has 0 spiro atoms. The number of fused-ring (bicyclic) bond motifs is 7. The van der Waals surface area contributed by atoms with Crippen LogP contribution in [-0.2, 0) is 10.8 Å². The third-order valence-corrected chi connectivity index (χ3v) is 9.40. The quantitative estimate of drug-likeness (QED) is 0.196. The standard InChI is InChI=1S/C42H38N2/c1-41(2,3)29-19-22-36-33(25-29)34-26-30(42(4,5)6)20-23-37(34)44(36)39-17-11-16-38-40(39)32-14-9-10-15-35(32)43(38)31-21-18-27-12-7-8-13-28(27)24-31/h7-26H,1-6H3. The monoisotopic (exact) mass is 570 g/mol. The summed E-state index contributed by atoms with van der Waals surface area (Å²) < 4.78 is 4.94. The minimum atomic E-state index is 0.0670. The van der Waals surface area contributed by atoms with Crippen LogP contribution in [0.25, 0.3) is 65.8 Å². The number of rotatable bonds is 2. The first kappa shape index (κ1) is 26.8. The van der Waals surface area contributed by atoms with Gasteiger partial charge in [-0.3, -0.25) is 0 Å². The maximum Gasteiger partial charge on any atom is 0.0562 e. The van der Waals surface area contributed by atoms with E-state index in [0.717, 1.165) is 0 Å². The molecule has 8 aromatic rings. The topological polar surface area (TPSA) is 9.86 Å². The van der Waals surface area contributed by atoms with Gasteiger partial charge in [-0.1, -0.05) is 108 Å². The molecule has 2 nitrogen and oxygen atoms in total. The first-order valence-corrected chi connectivity index (χ1v) is 15.7. The molecule has 0 aliphatic carbocycles. The third kappa shape index (κ3) is 4.01. The molecule has 0 saturated heterocycles. The molecule has 0 fully saturated rings. The molecule has 0 aliphatic heterocycles. The van der Waals surface area contributed by atoms with Crippen LogP contribution in [0.3, 0.4) is 0 Å². The summed E-state index contributed by atoms with van der Waals surface area (Å²) in [4.78, 5) is 0. The molecule has 0 atom stereocenters. The van der Waals surface area contributed by atoms with Gasteiger partial charge in [0.25, 0.3) is 0 Å². The lowest BCUT2D eigenvalue weighted by Crippen LogP contribution is -2.10. The maximum atomic E-state index is 2.50. The molecule has 2 heterocycles. The van der Waals surface area contributed by atoms with E-state index in [-0.39, 0.29) is 10.8 Å². The third-order valence-electron chi connectivity index (χ3n) is 9.40. The minimum absolute atomic E-state index is 0.0670. The number of hydrogen-bond donors (Lipinski definition) is 0. The molecule has 2 heteroatoms. The van der Waals surface area contributed by atoms with Crippen molar-refractivity contribution in [2.45, 2.75) is 52.4 Å². The molecular formula is C42H38N2. The smallest absolute Gasteiger partial charge is 0.0562 e. The van der Waals surface area contributed by atoms with E-state index in [1.165, 1.54) is 76.9 Å². The number of para-hydroxylation sites is 1. The summed E-state index contributed by atoms with van der Waals surface area (Å²) >= 11 is 0. The Morgan fingerprint density at radius 2 is 0.977 bits per heavy atom. The normalized spacial score (nSPS) is 12.8. The van der Waals surface area contributed by atoms with Crippen molar-refractivity contribution in [3.05, 3.63) is 132 Å². The van der Waals surface area contributed by atoms with Gasteiger partial charge >= 0.3 is 0 Å². The van der Waals surface area contributed by atoms with E-state index in [9.17, 15) is 0 Å². The van der Waals surface area contributed by atoms with Crippen LogP contribution < -0.4 is 0 Å². The van der Waals surface area contributed by atoms with Crippen LogP contribution in [-0.4, -0.2) is 9.13 Å². The van der Waals surface area contributed by atoms with E-state index in [4.69, 9.17) is 0 Å². The van der Waals surface area contributed by atoms with E-state index in [1.54, 1.807) is 0 Å². The summed E-state index contributed by atoms with van der Waals surface area (Å²) in [6.07, 6.45) is 0. The highest BCUT2D eigenvalue weighted by atomic mass is 15.0. The van der Waals surface area contributed by atoms with Gasteiger partial charge in [-0.25, -0.2) is 0 Å². The fourth-order valence-electron chi connectivity index (χ4n) is 7.00. The number of nitrogens with zero attached hydrogens (tertiary/aromatic N) is 2. The molecule has 44 heavy (non-hydrogen) atoms. The Labute approximate surface area is 259 Å². The zero-order valence-electron chi connectivity index (χ0n) is 26.4. The molecule has 2 aromatic heterocycles. The fourth-order valence-corrected chi connectivity index (χ4v) is 7.00. The van der Waals surface area contributed by atoms with Crippen molar-refractivity contribution >= 4 is 54.4 Å². The minimum Gasteiger partial charge on any atom is -0.309 e. The first-order chi connectivity index (χ1) is 21.1. The van der Waals surface area contributed by atoms with E-state index in [0.29, 0.717) is 0 Å². The van der Waals surface area contributed by atoms with Crippen molar-refractivity contribution in [1.29, 1.82) is 0 Å². The Morgan fingerprint density at radius 3 is 1.64 bits per heavy atom. The molecule has 0 unspecified atom stereocenters. The Bertz CT molecular complexity index is 2330. The Balaban J connectivity index is 1.49. The van der Waals surface area contributed by atoms with Crippen molar-refractivity contribution in [2.75, 3.05) is 0 Å². The van der Waals surface area contributed by atoms with Crippen LogP contribution >= 0.6 is 0 Å². The Kier molecular flexibility index (Phi) is 5.68. The van der Waals surface area contributed by atoms with Crippen LogP contribution in [0.4, 0.5) is 0 Å². The van der Waals surface area contributed by atoms with Crippen LogP contribution in [0.15, 0.2) is 121 Å². The van der Waals surface area contributed by atoms with Gasteiger partial charge in [0, 0.05) is 27.2 Å². The van der Waals surface area contributed by atoms with Crippen molar-refractivity contribution in [3.8, 4) is 11.4 Å². The SMILES string of the molecule is CC(C)(C)c1ccc2c(c1)c1cc(C(C)(C)C)ccc1n2-c1cccc2c1c1ccccc1n2-c1ccc2ccccc2c1. The summed E-state index contributed by atoms with van der Waals surface area (Å²) in [5.74, 6) is 0. The molecule has 0 radical (unpaired) electrons. The summed E-state index contributed by atoms with van der Waals surface area (Å²) in [6, 6.07) is 45.3. The molecular weight excluding hydrogens is 532 g/mol. The first-order valence-electron chi connectivity index (χ1n) is 15.7. The van der Waals surface area contributed by atoms with Crippen molar-refractivity contribution in [1.82, 2.24) is 9.13 Å². The molecule has 0 saturated carbocycles. The van der Waals surface area contributed by atoms with Crippen molar-refractivity contribution in [3.63, 3.8) is 0 Å². The lowest BCUT2D eigenvalue weighted by molar-refractivity contribution is 0.590. The van der Waals surface area contributed by atoms with E-state index < -0.39 is 0 Å². The predicted molar refractivity (Wildman–Crippen MR) is 190 cm³/mol. The summed E-state index contributed by atoms with van der Waals surface area (Å²) in [5.41, 5.74) is 10.2. The van der Waals surface area contributed by atoms with Gasteiger partial charge in [-0.05, 0) is 87.3 Å². The van der Waals surface area contributed by atoms with E-state index in [1.807, 2.05) is 0 Å². The molecule has 0 amide bonds. The van der Waals surface area contributed by atoms with Gasteiger partial charge < -0.3 is 9.13 Å². The lowest BCUT2D eigenvalue weighted by Gasteiger charge is -2.19. The highest BCUT2D eigenvalue weighted by Crippen LogP contribution is 2.42. The second-order valence-electron chi connectivity index (χ2n) is 14.4. The van der Waals surface area contributed by atoms with E-state index >= 15 is 0 Å². The average molecular weight is 571 g/mol. The fraction of sp³-hybridized carbons (Fsp3) is 0.190. The largest absolute Gasteiger partial charge is 0.309 e. The van der Waals surface area contributed by atoms with Gasteiger partial charge in [0.15, 0.2) is 0 Å². The highest BCUT2D eigenvalue weighted by Gasteiger charge is 2.23. The molecule has 216 valence electrons. The molecule has 0 aliphatic rings. The van der Waals surface area contributed by atoms with Crippen LogP contribution in [0.2, 0.25) is 0 Å². The van der Waals surface area contributed by atoms with E-state index in [2.05, 4.69) is 172 Å². The number of benzene rings is 6. The second-order valence-corrected chi connectivity index (χ2v) is 14.4. The van der Waals surface area contributed by atoms with Crippen molar-refractivity contribution < 1.29 is 0 Å². The lowest BCUT2D eigenvalue weighted by atomic mass is 9.85. The van der Waals surface area contributed by atoms with Crippen LogP contribution in [0.1, 0.15) is 52.7 Å². The predicted octanol–water partition coefficient (Wildman–Crippen LogP) is 11.6. The van der Waals surface area contributed by atoms with Gasteiger partial charge in [0.05, 0.1) is 27.8 Å². The molecule has 0 bridgehead atoms. The summed E-state index contributed by atoms with van der Waals surface area (Å²) in [7, 11) is 0. The summed E-state index contributed by atoms with van der Waals surface area (Å²) in [6.45, 7) is 13.8. The highest BCUT2D eigenvalue weighted by molar-refractivity contribution is 6.16. The van der Waals surface area contributed by atoms with Crippen molar-refractivity contribution in [2.24, 2.45) is 0 Å². The molecule has 6 aromatic carbocycles. The molecule has 0 N–H and O–H groups in total. The van der Waals surface area contributed by atoms with Gasteiger partial charge in [-0.15, -0.1) is 0 Å². The summed E-state index contributed by atoms with van der Waals surface area (Å²) in [5, 5.41) is 7.67. The Morgan fingerprint density at radius 1 is 0.409 bits per heavy atom. The maximum absolute atomic E-state index is 2.50. The zero-order valence-corrected chi connectivity index (χ0v) is 26.4. The van der Waals surface area contributed by atoms with Crippen LogP contribution in [0, 0.1) is 0 Å². The number of aromatic nitrogens is 2. The second kappa shape index (κ2) is 9.34. The van der Waals surface area contributed by atoms with Gasteiger partial charge in [0.2, 0.25) is 0 Å². The van der Waals surface area contributed by atoms with Gasteiger partial charge in [0.1, 0.15) is 0 Å². The Hall–Kier alpha value is -4.82. The zero-order chi connectivity index (χ0) is 30.4. The van der Waals surface area contributed by atoms with Gasteiger partial charge in [-0.2, -0.15) is 0 Å². The van der Waals surface area contributed by atoms with Crippen LogP contribution in [0.5, 0.6) is 0 Å². The number of hydrogen-bond acceptors (Lipinski definition) is 0. The molecule has 8 rings (SSSR count).